The normalized spacial score (nSPS) is 19.2. The molecule has 0 unspecified atom stereocenters. The summed E-state index contributed by atoms with van der Waals surface area (Å²) in [5.41, 5.74) is 0.0205. The zero-order valence-electron chi connectivity index (χ0n) is 17.7. The smallest absolute Gasteiger partial charge is 0.398 e. The van der Waals surface area contributed by atoms with Crippen LogP contribution in [0.1, 0.15) is 68.9 Å². The van der Waals surface area contributed by atoms with Gasteiger partial charge in [-0.15, -0.1) is 0 Å². The van der Waals surface area contributed by atoms with Crippen LogP contribution in [0.4, 0.5) is 30.7 Å². The van der Waals surface area contributed by atoms with Gasteiger partial charge in [-0.1, -0.05) is 31.9 Å². The van der Waals surface area contributed by atoms with E-state index in [0.717, 1.165) is 38.5 Å². The first-order chi connectivity index (χ1) is 15.1. The first-order valence-electron chi connectivity index (χ1n) is 10.8. The Bertz CT molecular complexity index is 913. The van der Waals surface area contributed by atoms with Gasteiger partial charge >= 0.3 is 6.11 Å². The average Bonchev–Trinajstić information content (AvgIpc) is 2.74. The number of hydrogen-bond donors (Lipinski definition) is 0. The third-order valence-corrected chi connectivity index (χ3v) is 6.09. The van der Waals surface area contributed by atoms with E-state index in [1.807, 2.05) is 0 Å². The van der Waals surface area contributed by atoms with Crippen LogP contribution in [0, 0.1) is 35.0 Å². The molecule has 0 heterocycles. The van der Waals surface area contributed by atoms with Crippen LogP contribution in [-0.2, 0) is 6.42 Å². The lowest BCUT2D eigenvalue weighted by molar-refractivity contribution is -0.180. The standard InChI is InChI=1S/C24H25F7O/c1-2-3-14-4-6-15(7-5-14)18-9-8-16(21(27)22(18)28)10-11-24(30,31)32-17-12-19(25)23(29)20(26)13-17/h8-9,12-15H,2-7,10-11H2,1H3. The van der Waals surface area contributed by atoms with Crippen molar-refractivity contribution in [3.8, 4) is 5.75 Å². The van der Waals surface area contributed by atoms with Crippen LogP contribution >= 0.6 is 0 Å². The minimum atomic E-state index is -3.93. The highest BCUT2D eigenvalue weighted by atomic mass is 19.3. The predicted octanol–water partition coefficient (Wildman–Crippen LogP) is 8.06. The molecule has 0 aliphatic heterocycles. The molecule has 1 saturated carbocycles. The summed E-state index contributed by atoms with van der Waals surface area (Å²) in [6, 6.07) is 3.31. The summed E-state index contributed by atoms with van der Waals surface area (Å²) in [7, 11) is 0. The van der Waals surface area contributed by atoms with Crippen molar-refractivity contribution >= 4 is 0 Å². The quantitative estimate of drug-likeness (QED) is 0.285. The monoisotopic (exact) mass is 462 g/mol. The highest BCUT2D eigenvalue weighted by Crippen LogP contribution is 2.39. The molecule has 0 spiro atoms. The Hall–Kier alpha value is -2.25. The van der Waals surface area contributed by atoms with Crippen LogP contribution in [0.25, 0.3) is 0 Å². The fourth-order valence-electron chi connectivity index (χ4n) is 4.38. The van der Waals surface area contributed by atoms with Gasteiger partial charge in [0.25, 0.3) is 0 Å². The van der Waals surface area contributed by atoms with Crippen LogP contribution in [0.2, 0.25) is 0 Å². The number of benzene rings is 2. The zero-order valence-corrected chi connectivity index (χ0v) is 17.7. The average molecular weight is 462 g/mol. The Morgan fingerprint density at radius 3 is 2.09 bits per heavy atom. The van der Waals surface area contributed by atoms with E-state index < -0.39 is 53.8 Å². The largest absolute Gasteiger partial charge is 0.432 e. The minimum Gasteiger partial charge on any atom is -0.432 e. The molecule has 0 aromatic heterocycles. The molecular formula is C24H25F7O. The van der Waals surface area contributed by atoms with Crippen molar-refractivity contribution in [1.82, 2.24) is 0 Å². The predicted molar refractivity (Wildman–Crippen MR) is 106 cm³/mol. The third-order valence-electron chi connectivity index (χ3n) is 6.09. The zero-order chi connectivity index (χ0) is 23.5. The Morgan fingerprint density at radius 1 is 0.875 bits per heavy atom. The lowest BCUT2D eigenvalue weighted by Crippen LogP contribution is -2.26. The molecule has 2 aromatic carbocycles. The van der Waals surface area contributed by atoms with Gasteiger partial charge in [-0.05, 0) is 55.1 Å². The number of aryl methyl sites for hydroxylation is 1. The number of ether oxygens (including phenoxy) is 1. The van der Waals surface area contributed by atoms with Gasteiger partial charge in [0.15, 0.2) is 29.1 Å². The highest BCUT2D eigenvalue weighted by molar-refractivity contribution is 5.30. The molecule has 1 aliphatic carbocycles. The number of halogens is 7. The molecule has 0 bridgehead atoms. The third kappa shape index (κ3) is 5.75. The maximum atomic E-state index is 14.7. The fraction of sp³-hybridized carbons (Fsp3) is 0.500. The van der Waals surface area contributed by atoms with Crippen molar-refractivity contribution in [1.29, 1.82) is 0 Å². The van der Waals surface area contributed by atoms with Gasteiger partial charge in [0.05, 0.1) is 6.42 Å². The second-order valence-corrected chi connectivity index (χ2v) is 8.39. The summed E-state index contributed by atoms with van der Waals surface area (Å²) in [5, 5.41) is 0. The topological polar surface area (TPSA) is 9.23 Å². The molecule has 0 saturated heterocycles. The molecular weight excluding hydrogens is 437 g/mol. The van der Waals surface area contributed by atoms with E-state index >= 15 is 0 Å². The SMILES string of the molecule is CCCC1CCC(c2ccc(CCC(F)(F)Oc3cc(F)c(F)c(F)c3)c(F)c2F)CC1. The molecule has 2 aromatic rings. The molecule has 0 radical (unpaired) electrons. The Kier molecular flexibility index (Phi) is 7.72. The number of hydrogen-bond acceptors (Lipinski definition) is 1. The van der Waals surface area contributed by atoms with Crippen molar-refractivity contribution in [3.05, 3.63) is 64.5 Å². The van der Waals surface area contributed by atoms with Gasteiger partial charge < -0.3 is 4.74 Å². The molecule has 1 aliphatic rings. The van der Waals surface area contributed by atoms with Gasteiger partial charge in [0, 0.05) is 12.1 Å². The Labute approximate surface area is 182 Å². The summed E-state index contributed by atoms with van der Waals surface area (Å²) >= 11 is 0. The van der Waals surface area contributed by atoms with Gasteiger partial charge in [-0.3, -0.25) is 0 Å². The molecule has 1 fully saturated rings. The lowest BCUT2D eigenvalue weighted by Gasteiger charge is -2.29. The molecule has 0 N–H and O–H groups in total. The van der Waals surface area contributed by atoms with Gasteiger partial charge in [0.1, 0.15) is 5.75 Å². The lowest BCUT2D eigenvalue weighted by atomic mass is 9.77. The summed E-state index contributed by atoms with van der Waals surface area (Å²) in [4.78, 5) is 0. The van der Waals surface area contributed by atoms with Crippen molar-refractivity contribution in [2.75, 3.05) is 0 Å². The van der Waals surface area contributed by atoms with Crippen molar-refractivity contribution in [2.45, 2.75) is 70.3 Å². The van der Waals surface area contributed by atoms with Crippen LogP contribution < -0.4 is 4.74 Å². The summed E-state index contributed by atoms with van der Waals surface area (Å²) in [6.07, 6.45) is 0.0777. The van der Waals surface area contributed by atoms with Gasteiger partial charge in [-0.2, -0.15) is 8.78 Å². The molecule has 1 nitrogen and oxygen atoms in total. The van der Waals surface area contributed by atoms with E-state index in [-0.39, 0.29) is 29.2 Å². The highest BCUT2D eigenvalue weighted by Gasteiger charge is 2.33. The second kappa shape index (κ2) is 10.1. The molecule has 0 atom stereocenters. The van der Waals surface area contributed by atoms with E-state index in [0.29, 0.717) is 5.92 Å². The Morgan fingerprint density at radius 2 is 1.50 bits per heavy atom. The van der Waals surface area contributed by atoms with Crippen LogP contribution in [0.15, 0.2) is 24.3 Å². The van der Waals surface area contributed by atoms with E-state index in [2.05, 4.69) is 11.7 Å². The first-order valence-corrected chi connectivity index (χ1v) is 10.8. The number of rotatable bonds is 8. The van der Waals surface area contributed by atoms with Gasteiger partial charge in [0.2, 0.25) is 0 Å². The van der Waals surface area contributed by atoms with Crippen molar-refractivity contribution < 1.29 is 35.5 Å². The van der Waals surface area contributed by atoms with Crippen LogP contribution in [0.3, 0.4) is 0 Å². The summed E-state index contributed by atoms with van der Waals surface area (Å²) < 4.78 is 101. The molecule has 3 rings (SSSR count). The summed E-state index contributed by atoms with van der Waals surface area (Å²) in [5.74, 6) is -7.76. The molecule has 0 amide bonds. The second-order valence-electron chi connectivity index (χ2n) is 8.39. The van der Waals surface area contributed by atoms with E-state index in [1.165, 1.54) is 12.1 Å². The first kappa shape index (κ1) is 24.4. The van der Waals surface area contributed by atoms with Crippen LogP contribution in [0.5, 0.6) is 5.75 Å². The van der Waals surface area contributed by atoms with Gasteiger partial charge in [-0.25, -0.2) is 22.0 Å². The van der Waals surface area contributed by atoms with E-state index in [9.17, 15) is 30.7 Å². The summed E-state index contributed by atoms with van der Waals surface area (Å²) in [6.45, 7) is 2.12. The molecule has 32 heavy (non-hydrogen) atoms. The molecule has 8 heteroatoms. The maximum absolute atomic E-state index is 14.7. The van der Waals surface area contributed by atoms with E-state index in [4.69, 9.17) is 0 Å². The van der Waals surface area contributed by atoms with Crippen LogP contribution in [-0.4, -0.2) is 6.11 Å². The van der Waals surface area contributed by atoms with E-state index in [1.54, 1.807) is 0 Å². The van der Waals surface area contributed by atoms with Crippen molar-refractivity contribution in [2.24, 2.45) is 5.92 Å². The maximum Gasteiger partial charge on any atom is 0.398 e. The molecule has 176 valence electrons. The number of alkyl halides is 2. The minimum absolute atomic E-state index is 0.0975. The Balaban J connectivity index is 1.64. The van der Waals surface area contributed by atoms with Crippen molar-refractivity contribution in [3.63, 3.8) is 0 Å². The fourth-order valence-corrected chi connectivity index (χ4v) is 4.38.